The zero-order chi connectivity index (χ0) is 15.2. The molecule has 0 spiro atoms. The van der Waals surface area contributed by atoms with Crippen molar-refractivity contribution < 1.29 is 4.74 Å². The van der Waals surface area contributed by atoms with Gasteiger partial charge in [0.1, 0.15) is 0 Å². The van der Waals surface area contributed by atoms with Crippen LogP contribution in [0.25, 0.3) is 0 Å². The van der Waals surface area contributed by atoms with E-state index in [4.69, 9.17) is 4.74 Å². The third kappa shape index (κ3) is 5.13. The Balaban J connectivity index is 1.86. The lowest BCUT2D eigenvalue weighted by atomic mass is 10.0. The van der Waals surface area contributed by atoms with Gasteiger partial charge in [-0.15, -0.1) is 0 Å². The number of rotatable bonds is 6. The fraction of sp³-hybridized carbons (Fsp3) is 0.733. The van der Waals surface area contributed by atoms with E-state index >= 15 is 0 Å². The molecule has 6 heteroatoms. The van der Waals surface area contributed by atoms with Crippen molar-refractivity contribution >= 4 is 0 Å². The second-order valence-corrected chi connectivity index (χ2v) is 6.15. The molecule has 21 heavy (non-hydrogen) atoms. The molecule has 0 saturated carbocycles. The first-order valence-electron chi connectivity index (χ1n) is 7.69. The van der Waals surface area contributed by atoms with Gasteiger partial charge in [0.05, 0.1) is 12.7 Å². The number of H-pyrrole nitrogens is 2. The summed E-state index contributed by atoms with van der Waals surface area (Å²) in [6.07, 6.45) is 5.22. The van der Waals surface area contributed by atoms with Crippen molar-refractivity contribution in [2.24, 2.45) is 5.92 Å². The molecule has 118 valence electrons. The van der Waals surface area contributed by atoms with E-state index in [2.05, 4.69) is 28.7 Å². The highest BCUT2D eigenvalue weighted by Crippen LogP contribution is 2.15. The number of nitrogens with one attached hydrogen (secondary N) is 2. The van der Waals surface area contributed by atoms with Crippen LogP contribution in [-0.2, 0) is 11.3 Å². The van der Waals surface area contributed by atoms with Gasteiger partial charge in [-0.25, -0.2) is 4.79 Å². The van der Waals surface area contributed by atoms with Gasteiger partial charge in [0.15, 0.2) is 0 Å². The molecule has 0 bridgehead atoms. The lowest BCUT2D eigenvalue weighted by molar-refractivity contribution is -0.0361. The zero-order valence-electron chi connectivity index (χ0n) is 12.9. The largest absolute Gasteiger partial charge is 0.376 e. The van der Waals surface area contributed by atoms with Gasteiger partial charge in [0, 0.05) is 31.4 Å². The molecule has 0 amide bonds. The Bertz CT molecular complexity index is 550. The van der Waals surface area contributed by atoms with Crippen molar-refractivity contribution in [2.45, 2.75) is 45.8 Å². The number of hydrogen-bond donors (Lipinski definition) is 2. The minimum Gasteiger partial charge on any atom is -0.376 e. The van der Waals surface area contributed by atoms with Crippen LogP contribution >= 0.6 is 0 Å². The molecule has 0 aliphatic carbocycles. The summed E-state index contributed by atoms with van der Waals surface area (Å²) in [5.41, 5.74) is -0.170. The van der Waals surface area contributed by atoms with E-state index in [1.807, 2.05) is 0 Å². The molecule has 2 heterocycles. The lowest BCUT2D eigenvalue weighted by Gasteiger charge is -2.32. The summed E-state index contributed by atoms with van der Waals surface area (Å²) in [6.45, 7) is 7.38. The standard InChI is InChI=1S/C15H25N3O3/c1-11(2)4-3-5-13-10-18(6-7-21-13)9-12-8-16-15(20)17-14(12)19/h8,11,13H,3-7,9-10H2,1-2H3,(H2,16,17,19,20)/t13-/m1/s1. The predicted molar refractivity (Wildman–Crippen MR) is 81.4 cm³/mol. The van der Waals surface area contributed by atoms with Crippen molar-refractivity contribution in [2.75, 3.05) is 19.7 Å². The Morgan fingerprint density at radius 1 is 1.43 bits per heavy atom. The SMILES string of the molecule is CC(C)CCC[C@@H]1CN(Cc2c[nH]c(=O)[nH]c2=O)CCO1. The molecule has 1 aliphatic heterocycles. The van der Waals surface area contributed by atoms with Crippen molar-refractivity contribution in [1.82, 2.24) is 14.9 Å². The normalized spacial score (nSPS) is 20.0. The first-order valence-corrected chi connectivity index (χ1v) is 7.69. The molecule has 1 aromatic rings. The van der Waals surface area contributed by atoms with Crippen LogP contribution < -0.4 is 11.2 Å². The van der Waals surface area contributed by atoms with Crippen LogP contribution in [0.1, 0.15) is 38.7 Å². The highest BCUT2D eigenvalue weighted by molar-refractivity contribution is 5.03. The first-order chi connectivity index (χ1) is 10.0. The van der Waals surface area contributed by atoms with Crippen LogP contribution in [0, 0.1) is 5.92 Å². The fourth-order valence-electron chi connectivity index (χ4n) is 2.65. The van der Waals surface area contributed by atoms with Gasteiger partial charge in [-0.3, -0.25) is 14.7 Å². The van der Waals surface area contributed by atoms with E-state index in [1.165, 1.54) is 19.0 Å². The Kier molecular flexibility index (Phi) is 5.76. The highest BCUT2D eigenvalue weighted by atomic mass is 16.5. The molecule has 1 aromatic heterocycles. The maximum absolute atomic E-state index is 11.7. The van der Waals surface area contributed by atoms with Crippen LogP contribution in [0.3, 0.4) is 0 Å². The topological polar surface area (TPSA) is 78.2 Å². The van der Waals surface area contributed by atoms with Crippen molar-refractivity contribution in [1.29, 1.82) is 0 Å². The summed E-state index contributed by atoms with van der Waals surface area (Å²) in [5.74, 6) is 0.726. The highest BCUT2D eigenvalue weighted by Gasteiger charge is 2.21. The molecular formula is C15H25N3O3. The van der Waals surface area contributed by atoms with Crippen molar-refractivity contribution in [3.8, 4) is 0 Å². The smallest absolute Gasteiger partial charge is 0.325 e. The molecule has 2 rings (SSSR count). The quantitative estimate of drug-likeness (QED) is 0.823. The number of aromatic nitrogens is 2. The third-order valence-electron chi connectivity index (χ3n) is 3.82. The predicted octanol–water partition coefficient (Wildman–Crippen LogP) is 1.09. The van der Waals surface area contributed by atoms with E-state index in [9.17, 15) is 9.59 Å². The van der Waals surface area contributed by atoms with E-state index in [-0.39, 0.29) is 11.7 Å². The van der Waals surface area contributed by atoms with Crippen LogP contribution in [0.4, 0.5) is 0 Å². The number of morpholine rings is 1. The van der Waals surface area contributed by atoms with Gasteiger partial charge in [-0.1, -0.05) is 26.7 Å². The molecule has 1 saturated heterocycles. The second kappa shape index (κ2) is 7.56. The minimum absolute atomic E-state index is 0.249. The molecule has 6 nitrogen and oxygen atoms in total. The monoisotopic (exact) mass is 295 g/mol. The average Bonchev–Trinajstić information content (AvgIpc) is 2.42. The summed E-state index contributed by atoms with van der Waals surface area (Å²) in [5, 5.41) is 0. The molecule has 2 N–H and O–H groups in total. The van der Waals surface area contributed by atoms with Gasteiger partial charge < -0.3 is 9.72 Å². The van der Waals surface area contributed by atoms with Gasteiger partial charge in [-0.05, 0) is 12.3 Å². The maximum atomic E-state index is 11.7. The number of nitrogens with zero attached hydrogens (tertiary/aromatic N) is 1. The average molecular weight is 295 g/mol. The molecule has 0 radical (unpaired) electrons. The number of ether oxygens (including phenoxy) is 1. The Morgan fingerprint density at radius 3 is 2.95 bits per heavy atom. The van der Waals surface area contributed by atoms with Crippen LogP contribution in [0.5, 0.6) is 0 Å². The van der Waals surface area contributed by atoms with Crippen molar-refractivity contribution in [3.05, 3.63) is 32.6 Å². The van der Waals surface area contributed by atoms with E-state index in [0.29, 0.717) is 18.7 Å². The molecule has 1 aliphatic rings. The molecule has 0 aromatic carbocycles. The molecule has 1 atom stereocenters. The maximum Gasteiger partial charge on any atom is 0.325 e. The van der Waals surface area contributed by atoms with Gasteiger partial charge in [0.2, 0.25) is 0 Å². The Morgan fingerprint density at radius 2 is 2.24 bits per heavy atom. The van der Waals surface area contributed by atoms with Gasteiger partial charge in [0.25, 0.3) is 5.56 Å². The fourth-order valence-corrected chi connectivity index (χ4v) is 2.65. The van der Waals surface area contributed by atoms with Gasteiger partial charge >= 0.3 is 5.69 Å². The summed E-state index contributed by atoms with van der Waals surface area (Å²) >= 11 is 0. The van der Waals surface area contributed by atoms with Gasteiger partial charge in [-0.2, -0.15) is 0 Å². The van der Waals surface area contributed by atoms with Crippen LogP contribution in [-0.4, -0.2) is 40.7 Å². The molecular weight excluding hydrogens is 270 g/mol. The lowest BCUT2D eigenvalue weighted by Crippen LogP contribution is -2.43. The summed E-state index contributed by atoms with van der Waals surface area (Å²) < 4.78 is 5.79. The number of hydrogen-bond acceptors (Lipinski definition) is 4. The van der Waals surface area contributed by atoms with E-state index < -0.39 is 5.69 Å². The van der Waals surface area contributed by atoms with E-state index in [0.717, 1.165) is 25.4 Å². The molecule has 0 unspecified atom stereocenters. The second-order valence-electron chi connectivity index (χ2n) is 6.15. The Labute approximate surface area is 124 Å². The van der Waals surface area contributed by atoms with Crippen molar-refractivity contribution in [3.63, 3.8) is 0 Å². The third-order valence-corrected chi connectivity index (χ3v) is 3.82. The van der Waals surface area contributed by atoms with Crippen LogP contribution in [0.15, 0.2) is 15.8 Å². The number of aromatic amines is 2. The molecule has 1 fully saturated rings. The summed E-state index contributed by atoms with van der Waals surface area (Å²) in [7, 11) is 0. The van der Waals surface area contributed by atoms with E-state index in [1.54, 1.807) is 0 Å². The summed E-state index contributed by atoms with van der Waals surface area (Å²) in [4.78, 5) is 29.7. The minimum atomic E-state index is -0.461. The summed E-state index contributed by atoms with van der Waals surface area (Å²) in [6, 6.07) is 0. The van der Waals surface area contributed by atoms with Crippen LogP contribution in [0.2, 0.25) is 0 Å². The Hall–Kier alpha value is -1.40. The first kappa shape index (κ1) is 16.0. The zero-order valence-corrected chi connectivity index (χ0v) is 12.9.